The molecule has 360 valence electrons. The monoisotopic (exact) mass is 938 g/mol. The van der Waals surface area contributed by atoms with Crippen LogP contribution in [0.2, 0.25) is 0 Å². The number of unbranched alkanes of at least 4 members (excludes halogenated alkanes) is 3. The summed E-state index contributed by atoms with van der Waals surface area (Å²) in [6, 6.07) is 24.9. The fraction of sp³-hybridized carbons (Fsp3) is 0.520. The van der Waals surface area contributed by atoms with Crippen molar-refractivity contribution in [3.8, 4) is 11.4 Å². The number of thioether (sulfide) groups is 1. The van der Waals surface area contributed by atoms with E-state index >= 15 is 0 Å². The number of urea groups is 1. The number of hydrogen-bond acceptors (Lipinski definition) is 12. The minimum Gasteiger partial charge on any atom is -0.379 e. The van der Waals surface area contributed by atoms with Crippen molar-refractivity contribution in [2.24, 2.45) is 0 Å². The molecule has 3 heterocycles. The Morgan fingerprint density at radius 1 is 0.642 bits per heavy atom. The quantitative estimate of drug-likeness (QED) is 0.0272. The lowest BCUT2D eigenvalue weighted by molar-refractivity contribution is -0.122. The normalized spacial score (nSPS) is 17.4. The maximum atomic E-state index is 12.7. The largest absolute Gasteiger partial charge is 0.379 e. The maximum absolute atomic E-state index is 12.7. The standard InChI is InChI=1S/C50H66N8O8S/c59-44(15-8-7-14-43-47-42(34-67-43)56-50(62)57-47)52-23-25-64-27-29-66-31-30-65-28-26-63-24-21-45(60)51-22-9-1-2-16-46(61)53-38-19-17-35(18-20-38)48-55-41-13-6-5-12-40(41)49(58-48)54-39-32-36-10-3-4-11-37(36)33-39/h3-6,10-13,17-20,39,42-43,47H,1-2,7-9,14-16,21-34H2,(H,51,60)(H,52,59)(H,53,61)(H,54,55,58)(H2,56,57,62)/t42-,43-,47-/m0/s1. The van der Waals surface area contributed by atoms with Crippen molar-refractivity contribution in [2.45, 2.75) is 94.0 Å². The van der Waals surface area contributed by atoms with E-state index in [9.17, 15) is 19.2 Å². The molecule has 5 amide bonds. The van der Waals surface area contributed by atoms with Crippen molar-refractivity contribution in [3.63, 3.8) is 0 Å². The Labute approximate surface area is 397 Å². The van der Waals surface area contributed by atoms with Gasteiger partial charge in [-0.2, -0.15) is 11.8 Å². The minimum atomic E-state index is -0.0674. The molecule has 0 spiro atoms. The number of carbonyl (C=O) groups is 4. The topological polar surface area (TPSA) is 203 Å². The van der Waals surface area contributed by atoms with Crippen LogP contribution in [0.1, 0.15) is 68.9 Å². The van der Waals surface area contributed by atoms with Gasteiger partial charge in [-0.1, -0.05) is 49.2 Å². The predicted octanol–water partition coefficient (Wildman–Crippen LogP) is 5.79. The van der Waals surface area contributed by atoms with E-state index in [1.165, 1.54) is 11.1 Å². The van der Waals surface area contributed by atoms with Gasteiger partial charge in [-0.15, -0.1) is 0 Å². The lowest BCUT2D eigenvalue weighted by Crippen LogP contribution is -2.36. The summed E-state index contributed by atoms with van der Waals surface area (Å²) in [5, 5.41) is 19.9. The second kappa shape index (κ2) is 26.9. The molecule has 1 aromatic heterocycles. The first kappa shape index (κ1) is 49.6. The first-order chi connectivity index (χ1) is 32.9. The SMILES string of the molecule is O=C(CCCC[C@@H]1SC[C@@H]2NC(=O)N[C@@H]21)NCCOCCOCCOCCOCCC(=O)NCCCCCC(=O)Nc1ccc(-c2nc(NC3Cc4ccccc4C3)c3ccccc3n2)cc1. The van der Waals surface area contributed by atoms with E-state index in [1.807, 2.05) is 54.2 Å². The third-order valence-electron chi connectivity index (χ3n) is 12.1. The molecule has 3 aromatic carbocycles. The highest BCUT2D eigenvalue weighted by atomic mass is 32.2. The highest BCUT2D eigenvalue weighted by Gasteiger charge is 2.42. The van der Waals surface area contributed by atoms with E-state index in [2.05, 4.69) is 62.2 Å². The number of para-hydroxylation sites is 1. The molecule has 2 saturated heterocycles. The molecular formula is C50H66N8O8S. The second-order valence-corrected chi connectivity index (χ2v) is 18.4. The van der Waals surface area contributed by atoms with Gasteiger partial charge in [0.15, 0.2) is 5.82 Å². The highest BCUT2D eigenvalue weighted by molar-refractivity contribution is 8.00. The van der Waals surface area contributed by atoms with Crippen LogP contribution in [0.25, 0.3) is 22.3 Å². The third-order valence-corrected chi connectivity index (χ3v) is 13.6. The van der Waals surface area contributed by atoms with E-state index in [0.29, 0.717) is 89.9 Å². The molecule has 3 atom stereocenters. The number of rotatable bonds is 30. The van der Waals surface area contributed by atoms with Crippen LogP contribution in [0.3, 0.4) is 0 Å². The van der Waals surface area contributed by atoms with Crippen LogP contribution in [-0.2, 0) is 46.2 Å². The average Bonchev–Trinajstić information content (AvgIpc) is 4.04. The Kier molecular flexibility index (Phi) is 19.9. The molecule has 2 fully saturated rings. The van der Waals surface area contributed by atoms with E-state index in [1.54, 1.807) is 0 Å². The van der Waals surface area contributed by atoms with Crippen molar-refractivity contribution in [1.29, 1.82) is 0 Å². The second-order valence-electron chi connectivity index (χ2n) is 17.1. The molecule has 7 rings (SSSR count). The summed E-state index contributed by atoms with van der Waals surface area (Å²) in [5.74, 6) is 2.33. The summed E-state index contributed by atoms with van der Waals surface area (Å²) in [6.45, 7) is 4.29. The molecule has 2 aliphatic heterocycles. The Hall–Kier alpha value is -5.33. The molecule has 0 bridgehead atoms. The van der Waals surface area contributed by atoms with Gasteiger partial charge in [0, 0.05) is 66.0 Å². The summed E-state index contributed by atoms with van der Waals surface area (Å²) >= 11 is 1.90. The van der Waals surface area contributed by atoms with Crippen molar-refractivity contribution < 1.29 is 38.1 Å². The van der Waals surface area contributed by atoms with Gasteiger partial charge in [-0.25, -0.2) is 14.8 Å². The van der Waals surface area contributed by atoms with Gasteiger partial charge in [0.25, 0.3) is 0 Å². The van der Waals surface area contributed by atoms with E-state index in [0.717, 1.165) is 85.1 Å². The fourth-order valence-electron chi connectivity index (χ4n) is 8.55. The molecule has 0 saturated carbocycles. The Balaban J connectivity index is 0.629. The van der Waals surface area contributed by atoms with Crippen LogP contribution in [0.15, 0.2) is 72.8 Å². The summed E-state index contributed by atoms with van der Waals surface area (Å²) < 4.78 is 22.1. The zero-order valence-electron chi connectivity index (χ0n) is 38.4. The van der Waals surface area contributed by atoms with E-state index in [4.69, 9.17) is 28.9 Å². The maximum Gasteiger partial charge on any atom is 0.315 e. The number of nitrogens with zero attached hydrogens (tertiary/aromatic N) is 2. The number of hydrogen-bond donors (Lipinski definition) is 6. The van der Waals surface area contributed by atoms with Crippen LogP contribution in [0.4, 0.5) is 16.3 Å². The molecule has 1 aliphatic carbocycles. The molecular weight excluding hydrogens is 873 g/mol. The number of fused-ring (bicyclic) bond motifs is 3. The van der Waals surface area contributed by atoms with Gasteiger partial charge in [0.1, 0.15) is 5.82 Å². The smallest absolute Gasteiger partial charge is 0.315 e. The summed E-state index contributed by atoms with van der Waals surface area (Å²) in [6.07, 6.45) is 8.21. The van der Waals surface area contributed by atoms with Crippen molar-refractivity contribution in [1.82, 2.24) is 31.2 Å². The number of benzene rings is 3. The third kappa shape index (κ3) is 16.2. The predicted molar refractivity (Wildman–Crippen MR) is 261 cm³/mol. The summed E-state index contributed by atoms with van der Waals surface area (Å²) in [5.41, 5.74) is 5.23. The lowest BCUT2D eigenvalue weighted by Gasteiger charge is -2.16. The number of amides is 5. The van der Waals surface area contributed by atoms with Gasteiger partial charge >= 0.3 is 6.03 Å². The average molecular weight is 939 g/mol. The van der Waals surface area contributed by atoms with Crippen LogP contribution < -0.4 is 31.9 Å². The zero-order valence-corrected chi connectivity index (χ0v) is 39.2. The van der Waals surface area contributed by atoms with Crippen molar-refractivity contribution in [3.05, 3.63) is 83.9 Å². The highest BCUT2D eigenvalue weighted by Crippen LogP contribution is 2.33. The number of nitrogens with one attached hydrogen (secondary N) is 6. The fourth-order valence-corrected chi connectivity index (χ4v) is 10.1. The zero-order chi connectivity index (χ0) is 46.5. The number of ether oxygens (including phenoxy) is 4. The van der Waals surface area contributed by atoms with Gasteiger partial charge in [0.2, 0.25) is 17.7 Å². The van der Waals surface area contributed by atoms with Crippen LogP contribution in [0, 0.1) is 0 Å². The number of anilines is 2. The summed E-state index contributed by atoms with van der Waals surface area (Å²) in [4.78, 5) is 58.3. The van der Waals surface area contributed by atoms with Crippen LogP contribution >= 0.6 is 11.8 Å². The Bertz CT molecular complexity index is 2190. The molecule has 0 unspecified atom stereocenters. The molecule has 0 radical (unpaired) electrons. The van der Waals surface area contributed by atoms with Gasteiger partial charge < -0.3 is 50.8 Å². The van der Waals surface area contributed by atoms with Crippen LogP contribution in [-0.4, -0.2) is 129 Å². The molecule has 17 heteroatoms. The van der Waals surface area contributed by atoms with Crippen LogP contribution in [0.5, 0.6) is 0 Å². The first-order valence-corrected chi connectivity index (χ1v) is 25.0. The Morgan fingerprint density at radius 3 is 2.04 bits per heavy atom. The van der Waals surface area contributed by atoms with E-state index < -0.39 is 0 Å². The summed E-state index contributed by atoms with van der Waals surface area (Å²) in [7, 11) is 0. The minimum absolute atomic E-state index is 0.0300. The lowest BCUT2D eigenvalue weighted by atomic mass is 10.0. The molecule has 16 nitrogen and oxygen atoms in total. The molecule has 3 aliphatic rings. The Morgan fingerprint density at radius 2 is 1.28 bits per heavy atom. The van der Waals surface area contributed by atoms with Crippen molar-refractivity contribution >= 4 is 57.9 Å². The molecule has 4 aromatic rings. The van der Waals surface area contributed by atoms with Gasteiger partial charge in [-0.3, -0.25) is 14.4 Å². The first-order valence-electron chi connectivity index (χ1n) is 23.9. The molecule has 67 heavy (non-hydrogen) atoms. The number of aromatic nitrogens is 2. The van der Waals surface area contributed by atoms with E-state index in [-0.39, 0.29) is 48.3 Å². The van der Waals surface area contributed by atoms with Crippen molar-refractivity contribution in [2.75, 3.05) is 82.3 Å². The number of carbonyl (C=O) groups excluding carboxylic acids is 4. The van der Waals surface area contributed by atoms with Gasteiger partial charge in [0.05, 0.1) is 70.5 Å². The van der Waals surface area contributed by atoms with Gasteiger partial charge in [-0.05, 0) is 86.1 Å². The molecule has 6 N–H and O–H groups in total.